The van der Waals surface area contributed by atoms with Crippen molar-refractivity contribution in [2.75, 3.05) is 0 Å². The number of fused-ring (bicyclic) bond motifs is 5. The van der Waals surface area contributed by atoms with E-state index in [-0.39, 0.29) is 0 Å². The van der Waals surface area contributed by atoms with E-state index in [1.165, 1.54) is 36.7 Å². The summed E-state index contributed by atoms with van der Waals surface area (Å²) in [5.41, 5.74) is 14.8. The van der Waals surface area contributed by atoms with Crippen LogP contribution in [0.15, 0.2) is 212 Å². The quantitative estimate of drug-likeness (QED) is 0.162. The van der Waals surface area contributed by atoms with Crippen molar-refractivity contribution in [1.29, 1.82) is 0 Å². The molecule has 0 bridgehead atoms. The van der Waals surface area contributed by atoms with Gasteiger partial charge in [0, 0.05) is 48.7 Å². The van der Waals surface area contributed by atoms with Crippen LogP contribution < -0.4 is 0 Å². The molecule has 0 radical (unpaired) electrons. The normalized spacial score (nSPS) is 11.4. The highest BCUT2D eigenvalue weighted by Crippen LogP contribution is 2.44. The molecule has 59 heavy (non-hydrogen) atoms. The first-order chi connectivity index (χ1) is 29.2. The van der Waals surface area contributed by atoms with Crippen LogP contribution >= 0.6 is 11.3 Å². The molecule has 3 nitrogen and oxygen atoms in total. The van der Waals surface area contributed by atoms with Gasteiger partial charge in [0.1, 0.15) is 0 Å². The van der Waals surface area contributed by atoms with E-state index in [4.69, 9.17) is 15.0 Å². The number of aromatic nitrogens is 3. The van der Waals surface area contributed by atoms with Crippen molar-refractivity contribution >= 4 is 42.4 Å². The van der Waals surface area contributed by atoms with Gasteiger partial charge in [-0.1, -0.05) is 188 Å². The zero-order valence-corrected chi connectivity index (χ0v) is 32.8. The summed E-state index contributed by atoms with van der Waals surface area (Å²) in [7, 11) is 0. The van der Waals surface area contributed by atoms with Gasteiger partial charge in [-0.15, -0.1) is 11.3 Å². The molecule has 11 aromatic rings. The van der Waals surface area contributed by atoms with Crippen LogP contribution in [0.3, 0.4) is 0 Å². The van der Waals surface area contributed by atoms with E-state index in [0.717, 1.165) is 67.1 Å². The molecular formula is C55H35N3S. The van der Waals surface area contributed by atoms with Crippen LogP contribution in [0.25, 0.3) is 110 Å². The Hall–Kier alpha value is -7.53. The minimum atomic E-state index is 0.685. The minimum absolute atomic E-state index is 0.685. The Balaban J connectivity index is 1.01. The number of rotatable bonds is 7. The first-order valence-corrected chi connectivity index (χ1v) is 20.7. The second-order valence-electron chi connectivity index (χ2n) is 14.8. The summed E-state index contributed by atoms with van der Waals surface area (Å²) >= 11 is 1.82. The second kappa shape index (κ2) is 14.8. The molecule has 0 unspecified atom stereocenters. The van der Waals surface area contributed by atoms with Crippen LogP contribution in [0.1, 0.15) is 0 Å². The topological polar surface area (TPSA) is 38.7 Å². The molecule has 0 aliphatic rings. The molecule has 0 spiro atoms. The number of pyridine rings is 1. The first-order valence-electron chi connectivity index (χ1n) is 19.8. The van der Waals surface area contributed by atoms with Crippen LogP contribution in [-0.4, -0.2) is 15.0 Å². The van der Waals surface area contributed by atoms with E-state index >= 15 is 0 Å². The fourth-order valence-corrected chi connectivity index (χ4v) is 9.41. The highest BCUT2D eigenvalue weighted by molar-refractivity contribution is 7.26. The Bertz CT molecular complexity index is 3300. The summed E-state index contributed by atoms with van der Waals surface area (Å²) in [6, 6.07) is 74.9. The minimum Gasteiger partial charge on any atom is -0.246 e. The van der Waals surface area contributed by atoms with Crippen molar-refractivity contribution < 1.29 is 0 Å². The second-order valence-corrected chi connectivity index (χ2v) is 15.8. The molecule has 0 N–H and O–H groups in total. The Morgan fingerprint density at radius 3 is 1.53 bits per heavy atom. The summed E-state index contributed by atoms with van der Waals surface area (Å²) in [6.07, 6.45) is 0. The maximum absolute atomic E-state index is 5.48. The van der Waals surface area contributed by atoms with Crippen molar-refractivity contribution in [3.63, 3.8) is 0 Å². The highest BCUT2D eigenvalue weighted by atomic mass is 32.1. The number of benzene rings is 8. The number of nitrogens with zero attached hydrogens (tertiary/aromatic N) is 3. The lowest BCUT2D eigenvalue weighted by Crippen LogP contribution is -1.96. The predicted octanol–water partition coefficient (Wildman–Crippen LogP) is 15.1. The lowest BCUT2D eigenvalue weighted by Gasteiger charge is -2.13. The zero-order valence-electron chi connectivity index (χ0n) is 32.0. The van der Waals surface area contributed by atoms with Gasteiger partial charge in [-0.25, -0.2) is 15.0 Å². The number of hydrogen-bond acceptors (Lipinski definition) is 4. The van der Waals surface area contributed by atoms with Crippen molar-refractivity contribution in [1.82, 2.24) is 15.0 Å². The summed E-state index contributed by atoms with van der Waals surface area (Å²) in [4.78, 5) is 15.8. The fourth-order valence-electron chi connectivity index (χ4n) is 8.18. The van der Waals surface area contributed by atoms with Gasteiger partial charge < -0.3 is 0 Å². The van der Waals surface area contributed by atoms with Gasteiger partial charge >= 0.3 is 0 Å². The van der Waals surface area contributed by atoms with Gasteiger partial charge in [0.2, 0.25) is 0 Å². The Kier molecular flexibility index (Phi) is 8.68. The summed E-state index contributed by atoms with van der Waals surface area (Å²) < 4.78 is 2.49. The third-order valence-corrected chi connectivity index (χ3v) is 12.3. The third-order valence-electron chi connectivity index (χ3n) is 11.1. The molecule has 0 aliphatic carbocycles. The third kappa shape index (κ3) is 6.46. The van der Waals surface area contributed by atoms with E-state index < -0.39 is 0 Å². The zero-order chi connectivity index (χ0) is 39.1. The van der Waals surface area contributed by atoms with Gasteiger partial charge in [0.25, 0.3) is 0 Å². The van der Waals surface area contributed by atoms with E-state index in [0.29, 0.717) is 5.82 Å². The molecule has 8 aromatic carbocycles. The molecule has 0 aliphatic heterocycles. The van der Waals surface area contributed by atoms with Crippen LogP contribution in [0.4, 0.5) is 0 Å². The SMILES string of the molecule is c1ccc(-c2ccc(-c3cc(-c4ccccc4)nc(-c4cccc(-c5cccc(-c6cccc7c6nc(-c6ccccc6)c6sc8ccccc8c67)c5)c4)n3)cc2)cc1. The molecule has 0 atom stereocenters. The average molecular weight is 770 g/mol. The standard InChI is InChI=1S/C55H35N3S/c1-4-15-36(16-5-1)37-29-31-39(32-30-37)49-35-48(38-17-6-2-7-18-38)56-55(57-49)44-24-13-22-42(34-44)41-21-12-23-43(33-41)45-26-14-27-47-51-46-25-10-11-28-50(46)59-54(51)52(58-53(45)47)40-19-8-3-9-20-40/h1-35H. The highest BCUT2D eigenvalue weighted by Gasteiger charge is 2.19. The lowest BCUT2D eigenvalue weighted by atomic mass is 9.95. The predicted molar refractivity (Wildman–Crippen MR) is 248 cm³/mol. The average Bonchev–Trinajstić information content (AvgIpc) is 3.72. The number of hydrogen-bond donors (Lipinski definition) is 0. The number of para-hydroxylation sites is 1. The molecule has 3 heterocycles. The molecule has 276 valence electrons. The molecule has 0 amide bonds. The molecule has 0 saturated heterocycles. The Morgan fingerprint density at radius 2 is 0.814 bits per heavy atom. The van der Waals surface area contributed by atoms with Crippen molar-refractivity contribution in [2.24, 2.45) is 0 Å². The summed E-state index contributed by atoms with van der Waals surface area (Å²) in [5.74, 6) is 0.685. The van der Waals surface area contributed by atoms with Crippen LogP contribution in [0.5, 0.6) is 0 Å². The first kappa shape index (κ1) is 34.7. The summed E-state index contributed by atoms with van der Waals surface area (Å²) in [5, 5.41) is 3.71. The van der Waals surface area contributed by atoms with Crippen LogP contribution in [0, 0.1) is 0 Å². The Morgan fingerprint density at radius 1 is 0.322 bits per heavy atom. The summed E-state index contributed by atoms with van der Waals surface area (Å²) in [6.45, 7) is 0. The van der Waals surface area contributed by atoms with Crippen molar-refractivity contribution in [2.45, 2.75) is 0 Å². The molecule has 11 rings (SSSR count). The molecular weight excluding hydrogens is 735 g/mol. The van der Waals surface area contributed by atoms with Gasteiger partial charge in [-0.05, 0) is 52.1 Å². The largest absolute Gasteiger partial charge is 0.246 e. The number of thiophene rings is 1. The van der Waals surface area contributed by atoms with Gasteiger partial charge in [-0.2, -0.15) is 0 Å². The molecule has 3 aromatic heterocycles. The molecule has 4 heteroatoms. The maximum atomic E-state index is 5.48. The Labute approximate surface area is 346 Å². The molecule has 0 saturated carbocycles. The van der Waals surface area contributed by atoms with E-state index in [9.17, 15) is 0 Å². The molecule has 0 fully saturated rings. The van der Waals surface area contributed by atoms with Gasteiger partial charge in [-0.3, -0.25) is 0 Å². The maximum Gasteiger partial charge on any atom is 0.160 e. The monoisotopic (exact) mass is 769 g/mol. The van der Waals surface area contributed by atoms with Crippen LogP contribution in [-0.2, 0) is 0 Å². The lowest BCUT2D eigenvalue weighted by molar-refractivity contribution is 1.18. The van der Waals surface area contributed by atoms with Crippen molar-refractivity contribution in [3.05, 3.63) is 212 Å². The van der Waals surface area contributed by atoms with Gasteiger partial charge in [0.15, 0.2) is 5.82 Å². The van der Waals surface area contributed by atoms with E-state index in [1.54, 1.807) is 0 Å². The van der Waals surface area contributed by atoms with Gasteiger partial charge in [0.05, 0.1) is 27.3 Å². The van der Waals surface area contributed by atoms with E-state index in [2.05, 4.69) is 200 Å². The van der Waals surface area contributed by atoms with E-state index in [1.807, 2.05) is 23.5 Å². The van der Waals surface area contributed by atoms with Crippen molar-refractivity contribution in [3.8, 4) is 78.5 Å². The fraction of sp³-hybridized carbons (Fsp3) is 0. The smallest absolute Gasteiger partial charge is 0.160 e. The van der Waals surface area contributed by atoms with Crippen LogP contribution in [0.2, 0.25) is 0 Å².